The van der Waals surface area contributed by atoms with Crippen LogP contribution in [-0.4, -0.2) is 22.4 Å². The lowest BCUT2D eigenvalue weighted by atomic mass is 10.1. The van der Waals surface area contributed by atoms with Crippen LogP contribution in [0.25, 0.3) is 0 Å². The second-order valence-electron chi connectivity index (χ2n) is 2.68. The average Bonchev–Trinajstić information content (AvgIpc) is 2.27. The molecule has 0 fully saturated rings. The van der Waals surface area contributed by atoms with E-state index in [0.717, 1.165) is 12.1 Å². The van der Waals surface area contributed by atoms with Gasteiger partial charge in [0.05, 0.1) is 22.1 Å². The molecule has 0 aromatic heterocycles. The van der Waals surface area contributed by atoms with Gasteiger partial charge in [-0.05, 0) is 12.1 Å². The number of nitro benzene ring substituents is 1. The molecule has 0 aliphatic carbocycles. The van der Waals surface area contributed by atoms with Crippen LogP contribution < -0.4 is 0 Å². The van der Waals surface area contributed by atoms with Gasteiger partial charge in [-0.1, -0.05) is 0 Å². The van der Waals surface area contributed by atoms with Crippen molar-refractivity contribution >= 4 is 11.5 Å². The lowest BCUT2D eigenvalue weighted by Crippen LogP contribution is -2.08. The van der Waals surface area contributed by atoms with Gasteiger partial charge < -0.3 is 5.11 Å². The Labute approximate surface area is 84.5 Å². The minimum absolute atomic E-state index is 0.0937. The summed E-state index contributed by atoms with van der Waals surface area (Å²) in [5.41, 5.74) is -0.564. The Balaban J connectivity index is 3.35. The van der Waals surface area contributed by atoms with Crippen LogP contribution in [0.4, 0.5) is 5.69 Å². The topological polar surface area (TPSA) is 104 Å². The summed E-state index contributed by atoms with van der Waals surface area (Å²) in [4.78, 5) is 20.9. The number of nitrogens with zero attached hydrogens (tertiary/aromatic N) is 2. The molecule has 1 rings (SSSR count). The van der Waals surface area contributed by atoms with E-state index in [1.807, 2.05) is 0 Å². The Morgan fingerprint density at radius 2 is 2.27 bits per heavy atom. The monoisotopic (exact) mass is 206 g/mol. The van der Waals surface area contributed by atoms with Gasteiger partial charge in [0.1, 0.15) is 6.61 Å². The van der Waals surface area contributed by atoms with E-state index >= 15 is 0 Å². The first kappa shape index (κ1) is 10.8. The van der Waals surface area contributed by atoms with Gasteiger partial charge in [0, 0.05) is 6.07 Å². The Kier molecular flexibility index (Phi) is 3.10. The van der Waals surface area contributed by atoms with Gasteiger partial charge >= 0.3 is 0 Å². The Morgan fingerprint density at radius 1 is 1.60 bits per heavy atom. The SMILES string of the molecule is N#Cc1ccc(C(=O)CO)c([N+](=O)[O-])c1. The second-order valence-corrected chi connectivity index (χ2v) is 2.68. The Bertz CT molecular complexity index is 462. The Hall–Kier alpha value is -2.26. The van der Waals surface area contributed by atoms with Crippen molar-refractivity contribution in [1.82, 2.24) is 0 Å². The van der Waals surface area contributed by atoms with Gasteiger partial charge in [-0.15, -0.1) is 0 Å². The summed E-state index contributed by atoms with van der Waals surface area (Å²) in [7, 11) is 0. The third kappa shape index (κ3) is 2.15. The van der Waals surface area contributed by atoms with Gasteiger partial charge in [-0.3, -0.25) is 14.9 Å². The molecule has 1 aromatic carbocycles. The molecule has 0 spiro atoms. The highest BCUT2D eigenvalue weighted by Crippen LogP contribution is 2.20. The van der Waals surface area contributed by atoms with Crippen LogP contribution >= 0.6 is 0 Å². The van der Waals surface area contributed by atoms with E-state index in [4.69, 9.17) is 10.4 Å². The number of ketones is 1. The maximum Gasteiger partial charge on any atom is 0.281 e. The number of carbonyl (C=O) groups excluding carboxylic acids is 1. The molecule has 76 valence electrons. The summed E-state index contributed by atoms with van der Waals surface area (Å²) >= 11 is 0. The van der Waals surface area contributed by atoms with Crippen LogP contribution in [0.3, 0.4) is 0 Å². The molecule has 6 heteroatoms. The largest absolute Gasteiger partial charge is 0.388 e. The van der Waals surface area contributed by atoms with E-state index in [9.17, 15) is 14.9 Å². The van der Waals surface area contributed by atoms with Crippen molar-refractivity contribution in [3.63, 3.8) is 0 Å². The fourth-order valence-electron chi connectivity index (χ4n) is 1.07. The van der Waals surface area contributed by atoms with Crippen molar-refractivity contribution < 1.29 is 14.8 Å². The first-order valence-corrected chi connectivity index (χ1v) is 3.92. The summed E-state index contributed by atoms with van der Waals surface area (Å²) in [6, 6.07) is 5.18. The zero-order chi connectivity index (χ0) is 11.4. The fraction of sp³-hybridized carbons (Fsp3) is 0.111. The number of hydrogen-bond donors (Lipinski definition) is 1. The number of nitriles is 1. The second kappa shape index (κ2) is 4.30. The highest BCUT2D eigenvalue weighted by atomic mass is 16.6. The molecule has 0 atom stereocenters. The number of aliphatic hydroxyl groups is 1. The highest BCUT2D eigenvalue weighted by molar-refractivity contribution is 6.00. The van der Waals surface area contributed by atoms with Gasteiger partial charge in [-0.25, -0.2) is 0 Å². The standard InChI is InChI=1S/C9H6N2O4/c10-4-6-1-2-7(9(13)5-12)8(3-6)11(14)15/h1-3,12H,5H2. The highest BCUT2D eigenvalue weighted by Gasteiger charge is 2.19. The lowest BCUT2D eigenvalue weighted by molar-refractivity contribution is -0.385. The Morgan fingerprint density at radius 3 is 2.73 bits per heavy atom. The molecule has 1 N–H and O–H groups in total. The molecule has 0 unspecified atom stereocenters. The van der Waals surface area contributed by atoms with Crippen LogP contribution in [0.1, 0.15) is 15.9 Å². The van der Waals surface area contributed by atoms with Crippen molar-refractivity contribution in [3.8, 4) is 6.07 Å². The predicted molar refractivity (Wildman–Crippen MR) is 49.2 cm³/mol. The maximum absolute atomic E-state index is 11.1. The first-order chi connectivity index (χ1) is 7.10. The molecule has 15 heavy (non-hydrogen) atoms. The third-order valence-electron chi connectivity index (χ3n) is 1.77. The quantitative estimate of drug-likeness (QED) is 0.444. The van der Waals surface area contributed by atoms with Crippen molar-refractivity contribution in [2.24, 2.45) is 0 Å². The van der Waals surface area contributed by atoms with Crippen molar-refractivity contribution in [3.05, 3.63) is 39.4 Å². The molecule has 0 heterocycles. The molecule has 0 saturated carbocycles. The van der Waals surface area contributed by atoms with E-state index in [1.54, 1.807) is 6.07 Å². The van der Waals surface area contributed by atoms with Gasteiger partial charge in [0.15, 0.2) is 5.78 Å². The van der Waals surface area contributed by atoms with E-state index in [-0.39, 0.29) is 11.1 Å². The molecule has 6 nitrogen and oxygen atoms in total. The van der Waals surface area contributed by atoms with E-state index < -0.39 is 23.0 Å². The fourth-order valence-corrected chi connectivity index (χ4v) is 1.07. The molecular formula is C9H6N2O4. The predicted octanol–water partition coefficient (Wildman–Crippen LogP) is 0.641. The number of hydrogen-bond acceptors (Lipinski definition) is 5. The van der Waals surface area contributed by atoms with E-state index in [2.05, 4.69) is 0 Å². The first-order valence-electron chi connectivity index (χ1n) is 3.92. The smallest absolute Gasteiger partial charge is 0.281 e. The third-order valence-corrected chi connectivity index (χ3v) is 1.77. The van der Waals surface area contributed by atoms with E-state index in [0.29, 0.717) is 0 Å². The summed E-state index contributed by atoms with van der Waals surface area (Å²) < 4.78 is 0. The van der Waals surface area contributed by atoms with E-state index in [1.165, 1.54) is 6.07 Å². The van der Waals surface area contributed by atoms with Crippen LogP contribution in [0, 0.1) is 21.4 Å². The maximum atomic E-state index is 11.1. The lowest BCUT2D eigenvalue weighted by Gasteiger charge is -1.99. The molecule has 0 amide bonds. The van der Waals surface area contributed by atoms with Crippen molar-refractivity contribution in [2.45, 2.75) is 0 Å². The summed E-state index contributed by atoms with van der Waals surface area (Å²) in [5.74, 6) is -0.744. The van der Waals surface area contributed by atoms with Crippen molar-refractivity contribution in [1.29, 1.82) is 5.26 Å². The molecular weight excluding hydrogens is 200 g/mol. The van der Waals surface area contributed by atoms with Gasteiger partial charge in [-0.2, -0.15) is 5.26 Å². The number of Topliss-reactive ketones (excluding diaryl/α,β-unsaturated/α-hetero) is 1. The minimum Gasteiger partial charge on any atom is -0.388 e. The molecule has 0 saturated heterocycles. The van der Waals surface area contributed by atoms with Crippen LogP contribution in [-0.2, 0) is 0 Å². The molecule has 0 bridgehead atoms. The molecule has 0 aliphatic heterocycles. The zero-order valence-corrected chi connectivity index (χ0v) is 7.51. The van der Waals surface area contributed by atoms with Gasteiger partial charge in [0.25, 0.3) is 5.69 Å². The number of rotatable bonds is 3. The number of benzene rings is 1. The zero-order valence-electron chi connectivity index (χ0n) is 7.51. The number of nitro groups is 1. The van der Waals surface area contributed by atoms with Crippen LogP contribution in [0.15, 0.2) is 18.2 Å². The molecule has 0 radical (unpaired) electrons. The van der Waals surface area contributed by atoms with Crippen LogP contribution in [0.2, 0.25) is 0 Å². The number of aliphatic hydroxyl groups excluding tert-OH is 1. The normalized spacial score (nSPS) is 9.33. The summed E-state index contributed by atoms with van der Waals surface area (Å²) in [6.07, 6.45) is 0. The average molecular weight is 206 g/mol. The van der Waals surface area contributed by atoms with Crippen molar-refractivity contribution in [2.75, 3.05) is 6.61 Å². The minimum atomic E-state index is -0.799. The van der Waals surface area contributed by atoms with Crippen LogP contribution in [0.5, 0.6) is 0 Å². The molecule has 0 aliphatic rings. The van der Waals surface area contributed by atoms with Gasteiger partial charge in [0.2, 0.25) is 0 Å². The summed E-state index contributed by atoms with van der Waals surface area (Å²) in [6.45, 7) is -0.799. The summed E-state index contributed by atoms with van der Waals surface area (Å²) in [5, 5.41) is 27.7. The number of carbonyl (C=O) groups is 1. The molecule has 1 aromatic rings.